The van der Waals surface area contributed by atoms with Crippen LogP contribution in [0.5, 0.6) is 11.5 Å². The zero-order chi connectivity index (χ0) is 30.7. The summed E-state index contributed by atoms with van der Waals surface area (Å²) in [6.07, 6.45) is 3.64. The van der Waals surface area contributed by atoms with Gasteiger partial charge in [0.2, 0.25) is 10.0 Å². The number of carbonyl (C=O) groups excluding carboxylic acids is 1. The Balaban J connectivity index is 1.46. The lowest BCUT2D eigenvalue weighted by Crippen LogP contribution is -2.40. The Kier molecular flexibility index (Phi) is 9.86. The summed E-state index contributed by atoms with van der Waals surface area (Å²) in [7, 11) is -4.06. The molecule has 1 saturated carbocycles. The van der Waals surface area contributed by atoms with E-state index in [2.05, 4.69) is 9.72 Å². The van der Waals surface area contributed by atoms with Crippen LogP contribution >= 0.6 is 35.0 Å². The molecule has 1 aliphatic heterocycles. The third kappa shape index (κ3) is 7.63. The van der Waals surface area contributed by atoms with Crippen LogP contribution in [0.2, 0.25) is 10.0 Å². The predicted molar refractivity (Wildman–Crippen MR) is 159 cm³/mol. The minimum Gasteiger partial charge on any atom is -0.489 e. The Labute approximate surface area is 261 Å². The SMILES string of the molecule is Nc1ccc(S(=O)(=O)N2CCS[C@@H]2C(=O)O[C@@H](Cc2c(Cl)cncc2Cl)c2ccc(OC(F)F)c(OCC3CC3)c2)cc1. The van der Waals surface area contributed by atoms with Crippen LogP contribution in [-0.2, 0) is 26.0 Å². The molecule has 15 heteroatoms. The van der Waals surface area contributed by atoms with Gasteiger partial charge in [0.15, 0.2) is 16.9 Å². The minimum atomic E-state index is -4.06. The van der Waals surface area contributed by atoms with Gasteiger partial charge in [-0.3, -0.25) is 4.98 Å². The van der Waals surface area contributed by atoms with E-state index in [1.807, 2.05) is 0 Å². The van der Waals surface area contributed by atoms with Crippen molar-refractivity contribution in [3.05, 3.63) is 76.0 Å². The number of sulfonamides is 1. The van der Waals surface area contributed by atoms with Crippen molar-refractivity contribution < 1.29 is 36.2 Å². The number of aromatic nitrogens is 1. The molecule has 2 atom stereocenters. The number of hydrogen-bond donors (Lipinski definition) is 1. The number of thioether (sulfide) groups is 1. The van der Waals surface area contributed by atoms with E-state index in [-0.39, 0.29) is 39.4 Å². The molecule has 1 aliphatic carbocycles. The van der Waals surface area contributed by atoms with E-state index in [0.717, 1.165) is 28.9 Å². The van der Waals surface area contributed by atoms with E-state index in [1.54, 1.807) is 0 Å². The van der Waals surface area contributed by atoms with Gasteiger partial charge in [-0.1, -0.05) is 29.3 Å². The molecule has 0 unspecified atom stereocenters. The first-order chi connectivity index (χ1) is 20.5. The van der Waals surface area contributed by atoms with Crippen molar-refractivity contribution >= 4 is 56.6 Å². The summed E-state index contributed by atoms with van der Waals surface area (Å²) in [5, 5.41) is -0.737. The minimum absolute atomic E-state index is 0.0130. The number of benzene rings is 2. The van der Waals surface area contributed by atoms with Crippen molar-refractivity contribution in [1.82, 2.24) is 9.29 Å². The summed E-state index contributed by atoms with van der Waals surface area (Å²) in [4.78, 5) is 17.6. The molecule has 0 spiro atoms. The maximum Gasteiger partial charge on any atom is 0.387 e. The maximum absolute atomic E-state index is 13.6. The Morgan fingerprint density at radius 3 is 2.44 bits per heavy atom. The molecule has 1 aromatic heterocycles. The molecule has 2 aliphatic rings. The lowest BCUT2D eigenvalue weighted by atomic mass is 10.0. The standard InChI is InChI=1S/C28H27Cl2F2N3O6S2/c29-21-13-34-14-22(30)20(21)12-24(17-3-8-23(41-28(31)32)25(11-17)39-15-16-1-2-16)40-27(36)26-35(9-10-42-26)43(37,38)19-6-4-18(33)5-7-19/h3-8,11,13-14,16,24,26,28H,1-2,9-10,12,15,33H2/t24-,26+/m0/s1. The summed E-state index contributed by atoms with van der Waals surface area (Å²) in [6, 6.07) is 9.91. The van der Waals surface area contributed by atoms with Crippen molar-refractivity contribution in [2.24, 2.45) is 5.92 Å². The average Bonchev–Trinajstić information content (AvgIpc) is 3.65. The number of pyridine rings is 1. The van der Waals surface area contributed by atoms with Gasteiger partial charge in [-0.05, 0) is 66.3 Å². The summed E-state index contributed by atoms with van der Waals surface area (Å²) in [6.45, 7) is -2.68. The summed E-state index contributed by atoms with van der Waals surface area (Å²) in [5.41, 5.74) is 6.91. The van der Waals surface area contributed by atoms with Gasteiger partial charge in [0.25, 0.3) is 0 Å². The van der Waals surface area contributed by atoms with Gasteiger partial charge >= 0.3 is 12.6 Å². The summed E-state index contributed by atoms with van der Waals surface area (Å²) in [5.74, 6) is -0.253. The maximum atomic E-state index is 13.6. The van der Waals surface area contributed by atoms with Crippen LogP contribution in [0.3, 0.4) is 0 Å². The second-order valence-corrected chi connectivity index (χ2v) is 13.9. The first-order valence-electron chi connectivity index (χ1n) is 13.2. The summed E-state index contributed by atoms with van der Waals surface area (Å²) < 4.78 is 70.6. The van der Waals surface area contributed by atoms with Crippen LogP contribution < -0.4 is 15.2 Å². The lowest BCUT2D eigenvalue weighted by molar-refractivity contribution is -0.150. The van der Waals surface area contributed by atoms with Crippen molar-refractivity contribution in [3.8, 4) is 11.5 Å². The molecule has 2 heterocycles. The normalized spacial score (nSPS) is 18.0. The number of rotatable bonds is 12. The second kappa shape index (κ2) is 13.4. The van der Waals surface area contributed by atoms with Gasteiger partial charge < -0.3 is 19.9 Å². The number of hydrogen-bond acceptors (Lipinski definition) is 9. The highest BCUT2D eigenvalue weighted by atomic mass is 35.5. The topological polar surface area (TPSA) is 121 Å². The number of ether oxygens (including phenoxy) is 3. The Hall–Kier alpha value is -2.84. The number of alkyl halides is 2. The number of nitrogen functional groups attached to an aromatic ring is 1. The molecule has 9 nitrogen and oxygen atoms in total. The molecule has 0 bridgehead atoms. The number of nitrogens with zero attached hydrogens (tertiary/aromatic N) is 2. The van der Waals surface area contributed by atoms with E-state index < -0.39 is 34.1 Å². The average molecular weight is 675 g/mol. The van der Waals surface area contributed by atoms with E-state index >= 15 is 0 Å². The molecule has 0 amide bonds. The predicted octanol–water partition coefficient (Wildman–Crippen LogP) is 5.95. The highest BCUT2D eigenvalue weighted by molar-refractivity contribution is 8.02. The fraction of sp³-hybridized carbons (Fsp3) is 0.357. The Morgan fingerprint density at radius 2 is 1.79 bits per heavy atom. The van der Waals surface area contributed by atoms with Gasteiger partial charge in [0, 0.05) is 36.8 Å². The van der Waals surface area contributed by atoms with Gasteiger partial charge in [-0.2, -0.15) is 13.1 Å². The fourth-order valence-electron chi connectivity index (χ4n) is 4.43. The molecule has 230 valence electrons. The van der Waals surface area contributed by atoms with E-state index in [9.17, 15) is 22.0 Å². The second-order valence-electron chi connectivity index (χ2n) is 9.96. The first kappa shape index (κ1) is 31.6. The third-order valence-corrected chi connectivity index (χ3v) is 10.7. The highest BCUT2D eigenvalue weighted by Gasteiger charge is 2.42. The van der Waals surface area contributed by atoms with Crippen LogP contribution in [0.4, 0.5) is 14.5 Å². The van der Waals surface area contributed by atoms with Crippen LogP contribution in [0.15, 0.2) is 59.8 Å². The van der Waals surface area contributed by atoms with Gasteiger partial charge in [0.05, 0.1) is 21.5 Å². The lowest BCUT2D eigenvalue weighted by Gasteiger charge is -2.26. The van der Waals surface area contributed by atoms with Crippen LogP contribution in [0, 0.1) is 5.92 Å². The zero-order valence-corrected chi connectivity index (χ0v) is 25.6. The first-order valence-corrected chi connectivity index (χ1v) is 16.5. The molecule has 2 fully saturated rings. The number of nitrogens with two attached hydrogens (primary N) is 1. The molecular formula is C28H27Cl2F2N3O6S2. The highest BCUT2D eigenvalue weighted by Crippen LogP contribution is 2.39. The van der Waals surface area contributed by atoms with Crippen molar-refractivity contribution in [1.29, 1.82) is 0 Å². The quantitative estimate of drug-likeness (QED) is 0.184. The smallest absolute Gasteiger partial charge is 0.387 e. The third-order valence-electron chi connectivity index (χ3n) is 6.86. The van der Waals surface area contributed by atoms with Crippen LogP contribution in [-0.4, -0.2) is 54.6 Å². The largest absolute Gasteiger partial charge is 0.489 e. The van der Waals surface area contributed by atoms with E-state index in [0.29, 0.717) is 35.1 Å². The fourth-order valence-corrected chi connectivity index (χ4v) is 8.00. The van der Waals surface area contributed by atoms with Gasteiger partial charge in [-0.15, -0.1) is 11.8 Å². The van der Waals surface area contributed by atoms with Gasteiger partial charge in [0.1, 0.15) is 6.10 Å². The molecule has 1 saturated heterocycles. The molecule has 43 heavy (non-hydrogen) atoms. The van der Waals surface area contributed by atoms with Crippen molar-refractivity contribution in [2.45, 2.75) is 42.2 Å². The Morgan fingerprint density at radius 1 is 1.09 bits per heavy atom. The van der Waals surface area contributed by atoms with Crippen LogP contribution in [0.1, 0.15) is 30.1 Å². The number of carbonyl (C=O) groups is 1. The van der Waals surface area contributed by atoms with Crippen molar-refractivity contribution in [2.75, 3.05) is 24.6 Å². The monoisotopic (exact) mass is 673 g/mol. The molecule has 5 rings (SSSR count). The zero-order valence-electron chi connectivity index (χ0n) is 22.5. The number of esters is 1. The molecule has 2 N–H and O–H groups in total. The molecule has 3 aromatic rings. The molecular weight excluding hydrogens is 647 g/mol. The van der Waals surface area contributed by atoms with E-state index in [1.165, 1.54) is 54.9 Å². The molecule has 2 aromatic carbocycles. The Bertz CT molecular complexity index is 1560. The van der Waals surface area contributed by atoms with Crippen molar-refractivity contribution in [3.63, 3.8) is 0 Å². The number of halogens is 4. The van der Waals surface area contributed by atoms with E-state index in [4.69, 9.17) is 38.4 Å². The molecule has 0 radical (unpaired) electrons. The van der Waals surface area contributed by atoms with Gasteiger partial charge in [-0.25, -0.2) is 13.2 Å². The van der Waals surface area contributed by atoms with Crippen LogP contribution in [0.25, 0.3) is 0 Å². The summed E-state index contributed by atoms with van der Waals surface area (Å²) >= 11 is 13.9. The number of anilines is 1.